The molecule has 2 rings (SSSR count). The van der Waals surface area contributed by atoms with E-state index >= 15 is 0 Å². The second-order valence-corrected chi connectivity index (χ2v) is 5.63. The van der Waals surface area contributed by atoms with Crippen molar-refractivity contribution in [3.8, 4) is 0 Å². The molecule has 22 heavy (non-hydrogen) atoms. The summed E-state index contributed by atoms with van der Waals surface area (Å²) < 4.78 is 0. The average molecular weight is 301 g/mol. The molecule has 0 heterocycles. The number of nitrogens with two attached hydrogens (primary N) is 1. The molecule has 1 aromatic carbocycles. The van der Waals surface area contributed by atoms with E-state index in [0.717, 1.165) is 24.8 Å². The Morgan fingerprint density at radius 3 is 2.73 bits per heavy atom. The molecule has 0 aliphatic heterocycles. The summed E-state index contributed by atoms with van der Waals surface area (Å²) in [5.41, 5.74) is 8.56. The van der Waals surface area contributed by atoms with Gasteiger partial charge in [0.15, 0.2) is 0 Å². The molecule has 0 aromatic heterocycles. The van der Waals surface area contributed by atoms with Gasteiger partial charge in [0, 0.05) is 17.8 Å². The lowest BCUT2D eigenvalue weighted by atomic mass is 9.97. The lowest BCUT2D eigenvalue weighted by Crippen LogP contribution is -2.29. The number of hydrogen-bond acceptors (Lipinski definition) is 2. The number of amides is 3. The fraction of sp³-hybridized carbons (Fsp3) is 0.412. The number of primary amides is 1. The Balaban J connectivity index is 1.80. The number of anilines is 1. The van der Waals surface area contributed by atoms with E-state index < -0.39 is 5.91 Å². The van der Waals surface area contributed by atoms with Gasteiger partial charge in [-0.2, -0.15) is 0 Å². The van der Waals surface area contributed by atoms with Crippen molar-refractivity contribution in [1.29, 1.82) is 0 Å². The van der Waals surface area contributed by atoms with Gasteiger partial charge in [-0.05, 0) is 62.8 Å². The number of carbonyl (C=O) groups is 2. The number of aryl methyl sites for hydroxylation is 1. The van der Waals surface area contributed by atoms with Crippen LogP contribution in [0.4, 0.5) is 10.5 Å². The summed E-state index contributed by atoms with van der Waals surface area (Å²) >= 11 is 0. The van der Waals surface area contributed by atoms with E-state index in [0.29, 0.717) is 17.8 Å². The molecule has 0 spiro atoms. The van der Waals surface area contributed by atoms with Crippen molar-refractivity contribution in [2.75, 3.05) is 11.9 Å². The molecule has 0 radical (unpaired) electrons. The molecule has 0 saturated heterocycles. The molecule has 0 atom stereocenters. The molecule has 0 fully saturated rings. The number of hydrogen-bond donors (Lipinski definition) is 3. The predicted molar refractivity (Wildman–Crippen MR) is 87.9 cm³/mol. The Morgan fingerprint density at radius 2 is 2.09 bits per heavy atom. The van der Waals surface area contributed by atoms with Crippen LogP contribution in [0.3, 0.4) is 0 Å². The van der Waals surface area contributed by atoms with E-state index in [1.807, 2.05) is 0 Å². The van der Waals surface area contributed by atoms with E-state index in [4.69, 9.17) is 5.73 Å². The zero-order valence-corrected chi connectivity index (χ0v) is 12.9. The average Bonchev–Trinajstić information content (AvgIpc) is 2.48. The van der Waals surface area contributed by atoms with Crippen LogP contribution in [-0.4, -0.2) is 18.5 Å². The summed E-state index contributed by atoms with van der Waals surface area (Å²) in [6.07, 6.45) is 8.04. The first-order valence-corrected chi connectivity index (χ1v) is 7.69. The van der Waals surface area contributed by atoms with E-state index in [1.54, 1.807) is 25.1 Å². The van der Waals surface area contributed by atoms with Crippen LogP contribution in [0.5, 0.6) is 0 Å². The Hall–Kier alpha value is -2.30. The summed E-state index contributed by atoms with van der Waals surface area (Å²) in [7, 11) is 0. The minimum Gasteiger partial charge on any atom is -0.366 e. The van der Waals surface area contributed by atoms with Crippen molar-refractivity contribution in [2.24, 2.45) is 5.73 Å². The molecule has 1 aliphatic rings. The highest BCUT2D eigenvalue weighted by atomic mass is 16.2. The van der Waals surface area contributed by atoms with Crippen LogP contribution in [0.1, 0.15) is 48.0 Å². The largest absolute Gasteiger partial charge is 0.366 e. The fourth-order valence-electron chi connectivity index (χ4n) is 2.66. The highest BCUT2D eigenvalue weighted by molar-refractivity contribution is 5.95. The van der Waals surface area contributed by atoms with Gasteiger partial charge in [0.05, 0.1) is 0 Å². The van der Waals surface area contributed by atoms with Crippen molar-refractivity contribution in [3.05, 3.63) is 41.0 Å². The molecular weight excluding hydrogens is 278 g/mol. The number of urea groups is 1. The van der Waals surface area contributed by atoms with Gasteiger partial charge in [0.25, 0.3) is 0 Å². The topological polar surface area (TPSA) is 84.2 Å². The maximum Gasteiger partial charge on any atom is 0.319 e. The fourth-order valence-corrected chi connectivity index (χ4v) is 2.66. The number of nitrogens with one attached hydrogen (secondary N) is 2. The van der Waals surface area contributed by atoms with Crippen LogP contribution in [0.25, 0.3) is 0 Å². The van der Waals surface area contributed by atoms with Gasteiger partial charge in [-0.15, -0.1) is 0 Å². The standard InChI is InChI=1S/C17H23N3O2/c1-12-11-14(7-8-15(12)16(18)21)20-17(22)19-10-9-13-5-3-2-4-6-13/h5,7-8,11H,2-4,6,9-10H2,1H3,(H2,18,21)(H2,19,20,22). The van der Waals surface area contributed by atoms with Crippen molar-refractivity contribution in [3.63, 3.8) is 0 Å². The Bertz CT molecular complexity index is 594. The lowest BCUT2D eigenvalue weighted by Gasteiger charge is -2.13. The van der Waals surface area contributed by atoms with Gasteiger partial charge in [0.1, 0.15) is 0 Å². The van der Waals surface area contributed by atoms with Gasteiger partial charge < -0.3 is 16.4 Å². The Kier molecular flexibility index (Phi) is 5.58. The molecule has 0 unspecified atom stereocenters. The minimum atomic E-state index is -0.464. The van der Waals surface area contributed by atoms with E-state index in [-0.39, 0.29) is 6.03 Å². The summed E-state index contributed by atoms with van der Waals surface area (Å²) in [5, 5.41) is 5.62. The third kappa shape index (κ3) is 4.62. The van der Waals surface area contributed by atoms with Crippen LogP contribution in [0.15, 0.2) is 29.8 Å². The molecule has 0 bridgehead atoms. The summed E-state index contributed by atoms with van der Waals surface area (Å²) in [4.78, 5) is 23.0. The van der Waals surface area contributed by atoms with Crippen molar-refractivity contribution in [1.82, 2.24) is 5.32 Å². The molecule has 5 nitrogen and oxygen atoms in total. The Labute approximate surface area is 131 Å². The zero-order chi connectivity index (χ0) is 15.9. The molecular formula is C17H23N3O2. The van der Waals surface area contributed by atoms with Crippen LogP contribution in [-0.2, 0) is 0 Å². The molecule has 1 aliphatic carbocycles. The van der Waals surface area contributed by atoms with Crippen LogP contribution < -0.4 is 16.4 Å². The molecule has 1 aromatic rings. The van der Waals surface area contributed by atoms with Crippen molar-refractivity contribution >= 4 is 17.6 Å². The SMILES string of the molecule is Cc1cc(NC(=O)NCCC2=CCCCC2)ccc1C(N)=O. The van der Waals surface area contributed by atoms with Gasteiger partial charge in [-0.1, -0.05) is 11.6 Å². The van der Waals surface area contributed by atoms with Gasteiger partial charge in [-0.3, -0.25) is 4.79 Å². The van der Waals surface area contributed by atoms with E-state index in [2.05, 4.69) is 16.7 Å². The number of rotatable bonds is 5. The monoisotopic (exact) mass is 301 g/mol. The third-order valence-electron chi connectivity index (χ3n) is 3.87. The first-order chi connectivity index (χ1) is 10.6. The van der Waals surface area contributed by atoms with E-state index in [1.165, 1.54) is 18.4 Å². The highest BCUT2D eigenvalue weighted by Crippen LogP contribution is 2.19. The number of carbonyl (C=O) groups excluding carboxylic acids is 2. The molecule has 3 amide bonds. The smallest absolute Gasteiger partial charge is 0.319 e. The molecule has 0 saturated carbocycles. The van der Waals surface area contributed by atoms with E-state index in [9.17, 15) is 9.59 Å². The normalized spacial score (nSPS) is 14.1. The van der Waals surface area contributed by atoms with Crippen LogP contribution >= 0.6 is 0 Å². The second kappa shape index (κ2) is 7.64. The second-order valence-electron chi connectivity index (χ2n) is 5.63. The maximum absolute atomic E-state index is 11.9. The zero-order valence-electron chi connectivity index (χ0n) is 12.9. The quantitative estimate of drug-likeness (QED) is 0.730. The highest BCUT2D eigenvalue weighted by Gasteiger charge is 2.08. The number of allylic oxidation sites excluding steroid dienone is 1. The van der Waals surface area contributed by atoms with Crippen LogP contribution in [0, 0.1) is 6.92 Å². The third-order valence-corrected chi connectivity index (χ3v) is 3.87. The first kappa shape index (κ1) is 16.1. The van der Waals surface area contributed by atoms with Gasteiger partial charge in [-0.25, -0.2) is 4.79 Å². The van der Waals surface area contributed by atoms with Crippen molar-refractivity contribution < 1.29 is 9.59 Å². The Morgan fingerprint density at radius 1 is 1.27 bits per heavy atom. The summed E-state index contributed by atoms with van der Waals surface area (Å²) in [5.74, 6) is -0.464. The molecule has 5 heteroatoms. The summed E-state index contributed by atoms with van der Waals surface area (Å²) in [6.45, 7) is 2.43. The predicted octanol–water partition coefficient (Wildman–Crippen LogP) is 3.11. The van der Waals surface area contributed by atoms with Crippen LogP contribution in [0.2, 0.25) is 0 Å². The minimum absolute atomic E-state index is 0.234. The van der Waals surface area contributed by atoms with Gasteiger partial charge >= 0.3 is 6.03 Å². The number of benzene rings is 1. The first-order valence-electron chi connectivity index (χ1n) is 7.69. The maximum atomic E-state index is 11.9. The van der Waals surface area contributed by atoms with Crippen molar-refractivity contribution in [2.45, 2.75) is 39.0 Å². The molecule has 4 N–H and O–H groups in total. The lowest BCUT2D eigenvalue weighted by molar-refractivity contribution is 0.0999. The summed E-state index contributed by atoms with van der Waals surface area (Å²) in [6, 6.07) is 4.81. The van der Waals surface area contributed by atoms with Gasteiger partial charge in [0.2, 0.25) is 5.91 Å². The molecule has 118 valence electrons.